The Hall–Kier alpha value is -0.740. The number of rotatable bonds is 3. The standard InChI is InChI=1S/C15H22F2O2/c1-2-3-12-4-6-13(7-5-12)8-9-14-10-18-15(16,17)19-11-14/h2-3,8-9,12-14H,4-7,10-11H2,1H3/b3-2+,9-8+. The first-order valence-corrected chi connectivity index (χ1v) is 7.06. The first kappa shape index (κ1) is 14.7. The van der Waals surface area contributed by atoms with Crippen LogP contribution in [0.5, 0.6) is 0 Å². The molecular formula is C15H22F2O2. The number of ether oxygens (including phenoxy) is 2. The quantitative estimate of drug-likeness (QED) is 0.719. The molecule has 1 saturated carbocycles. The van der Waals surface area contributed by atoms with Gasteiger partial charge >= 0.3 is 6.29 Å². The van der Waals surface area contributed by atoms with Gasteiger partial charge in [0, 0.05) is 5.92 Å². The minimum absolute atomic E-state index is 0.0391. The molecule has 0 atom stereocenters. The summed E-state index contributed by atoms with van der Waals surface area (Å²) in [7, 11) is 0. The van der Waals surface area contributed by atoms with Crippen molar-refractivity contribution in [1.82, 2.24) is 0 Å². The predicted molar refractivity (Wildman–Crippen MR) is 69.7 cm³/mol. The van der Waals surface area contributed by atoms with Crippen molar-refractivity contribution in [2.45, 2.75) is 38.9 Å². The molecule has 108 valence electrons. The molecule has 2 rings (SSSR count). The van der Waals surface area contributed by atoms with E-state index in [-0.39, 0.29) is 19.1 Å². The van der Waals surface area contributed by atoms with Gasteiger partial charge in [-0.15, -0.1) is 8.78 Å². The van der Waals surface area contributed by atoms with Gasteiger partial charge in [0.2, 0.25) is 0 Å². The molecule has 2 aliphatic rings. The summed E-state index contributed by atoms with van der Waals surface area (Å²) in [5.74, 6) is 1.24. The summed E-state index contributed by atoms with van der Waals surface area (Å²) in [5, 5.41) is 0. The van der Waals surface area contributed by atoms with E-state index in [1.807, 2.05) is 6.08 Å². The lowest BCUT2D eigenvalue weighted by atomic mass is 9.81. The summed E-state index contributed by atoms with van der Waals surface area (Å²) in [6, 6.07) is 0. The van der Waals surface area contributed by atoms with Gasteiger partial charge in [0.25, 0.3) is 0 Å². The van der Waals surface area contributed by atoms with Crippen molar-refractivity contribution in [3.8, 4) is 0 Å². The Balaban J connectivity index is 1.72. The molecule has 0 spiro atoms. The van der Waals surface area contributed by atoms with E-state index in [2.05, 4.69) is 34.6 Å². The minimum Gasteiger partial charge on any atom is -0.295 e. The largest absolute Gasteiger partial charge is 0.485 e. The van der Waals surface area contributed by atoms with Crippen molar-refractivity contribution < 1.29 is 18.3 Å². The van der Waals surface area contributed by atoms with Gasteiger partial charge in [-0.2, -0.15) is 0 Å². The molecule has 0 bridgehead atoms. The molecule has 0 radical (unpaired) electrons. The highest BCUT2D eigenvalue weighted by atomic mass is 19.3. The lowest BCUT2D eigenvalue weighted by molar-refractivity contribution is -0.417. The van der Waals surface area contributed by atoms with E-state index in [4.69, 9.17) is 0 Å². The van der Waals surface area contributed by atoms with Gasteiger partial charge in [-0.3, -0.25) is 9.47 Å². The van der Waals surface area contributed by atoms with Crippen molar-refractivity contribution in [2.24, 2.45) is 17.8 Å². The second-order valence-electron chi connectivity index (χ2n) is 5.43. The maximum Gasteiger partial charge on any atom is 0.485 e. The average molecular weight is 272 g/mol. The fourth-order valence-electron chi connectivity index (χ4n) is 2.73. The van der Waals surface area contributed by atoms with Crippen LogP contribution >= 0.6 is 0 Å². The SMILES string of the molecule is C/C=C/C1CCC(/C=C/C2COC(F)(F)OC2)CC1. The molecular weight excluding hydrogens is 250 g/mol. The molecule has 0 aromatic carbocycles. The third-order valence-corrected chi connectivity index (χ3v) is 3.87. The molecule has 0 amide bonds. The van der Waals surface area contributed by atoms with Crippen molar-refractivity contribution in [2.75, 3.05) is 13.2 Å². The van der Waals surface area contributed by atoms with Crippen LogP contribution in [0.1, 0.15) is 32.6 Å². The van der Waals surface area contributed by atoms with Crippen LogP contribution in [0.2, 0.25) is 0 Å². The molecule has 4 heteroatoms. The van der Waals surface area contributed by atoms with Gasteiger partial charge in [-0.05, 0) is 44.4 Å². The molecule has 2 nitrogen and oxygen atoms in total. The maximum absolute atomic E-state index is 12.6. The van der Waals surface area contributed by atoms with Crippen LogP contribution in [0, 0.1) is 17.8 Å². The number of hydrogen-bond donors (Lipinski definition) is 0. The summed E-state index contributed by atoms with van der Waals surface area (Å²) in [6.45, 7) is 2.14. The minimum atomic E-state index is -3.39. The van der Waals surface area contributed by atoms with Gasteiger partial charge < -0.3 is 0 Å². The molecule has 0 aromatic rings. The van der Waals surface area contributed by atoms with Crippen molar-refractivity contribution in [3.05, 3.63) is 24.3 Å². The van der Waals surface area contributed by atoms with Crippen LogP contribution < -0.4 is 0 Å². The third-order valence-electron chi connectivity index (χ3n) is 3.87. The average Bonchev–Trinajstić information content (AvgIpc) is 2.40. The normalized spacial score (nSPS) is 33.2. The van der Waals surface area contributed by atoms with Crippen molar-refractivity contribution in [3.63, 3.8) is 0 Å². The molecule has 1 heterocycles. The Bertz CT molecular complexity index is 321. The van der Waals surface area contributed by atoms with Crippen LogP contribution in [0.3, 0.4) is 0 Å². The van der Waals surface area contributed by atoms with Crippen LogP contribution in [-0.4, -0.2) is 19.5 Å². The zero-order valence-electron chi connectivity index (χ0n) is 11.4. The van der Waals surface area contributed by atoms with E-state index >= 15 is 0 Å². The number of alkyl halides is 2. The zero-order valence-corrected chi connectivity index (χ0v) is 11.4. The second kappa shape index (κ2) is 6.62. The van der Waals surface area contributed by atoms with E-state index in [1.54, 1.807) is 0 Å². The van der Waals surface area contributed by atoms with E-state index < -0.39 is 6.29 Å². The first-order valence-electron chi connectivity index (χ1n) is 7.06. The zero-order chi connectivity index (χ0) is 13.7. The van der Waals surface area contributed by atoms with E-state index in [0.717, 1.165) is 5.92 Å². The summed E-state index contributed by atoms with van der Waals surface area (Å²) in [5.41, 5.74) is 0. The van der Waals surface area contributed by atoms with Gasteiger partial charge in [0.1, 0.15) is 0 Å². The van der Waals surface area contributed by atoms with E-state index in [1.165, 1.54) is 25.7 Å². The monoisotopic (exact) mass is 272 g/mol. The third kappa shape index (κ3) is 4.69. The fraction of sp³-hybridized carbons (Fsp3) is 0.733. The second-order valence-corrected chi connectivity index (χ2v) is 5.43. The highest BCUT2D eigenvalue weighted by Gasteiger charge is 2.37. The topological polar surface area (TPSA) is 18.5 Å². The molecule has 19 heavy (non-hydrogen) atoms. The first-order chi connectivity index (χ1) is 9.09. The Morgan fingerprint density at radius 1 is 0.842 bits per heavy atom. The van der Waals surface area contributed by atoms with Crippen LogP contribution in [0.25, 0.3) is 0 Å². The van der Waals surface area contributed by atoms with Crippen molar-refractivity contribution >= 4 is 0 Å². The Labute approximate surface area is 113 Å². The lowest BCUT2D eigenvalue weighted by Gasteiger charge is -2.27. The Morgan fingerprint density at radius 2 is 1.32 bits per heavy atom. The van der Waals surface area contributed by atoms with Crippen LogP contribution in [0.15, 0.2) is 24.3 Å². The molecule has 0 aromatic heterocycles. The number of halogens is 2. The molecule has 1 aliphatic carbocycles. The molecule has 0 N–H and O–H groups in total. The smallest absolute Gasteiger partial charge is 0.295 e. The van der Waals surface area contributed by atoms with E-state index in [9.17, 15) is 8.78 Å². The highest BCUT2D eigenvalue weighted by molar-refractivity contribution is 4.97. The maximum atomic E-state index is 12.6. The van der Waals surface area contributed by atoms with Crippen molar-refractivity contribution in [1.29, 1.82) is 0 Å². The van der Waals surface area contributed by atoms with Gasteiger partial charge in [-0.25, -0.2) is 0 Å². The summed E-state index contributed by atoms with van der Waals surface area (Å²) in [6.07, 6.45) is 9.94. The van der Waals surface area contributed by atoms with Gasteiger partial charge in [0.05, 0.1) is 13.2 Å². The summed E-state index contributed by atoms with van der Waals surface area (Å²) < 4.78 is 33.9. The van der Waals surface area contributed by atoms with Crippen LogP contribution in [-0.2, 0) is 9.47 Å². The fourth-order valence-corrected chi connectivity index (χ4v) is 2.73. The number of hydrogen-bond acceptors (Lipinski definition) is 2. The van der Waals surface area contributed by atoms with Gasteiger partial charge in [-0.1, -0.05) is 24.3 Å². The lowest BCUT2D eigenvalue weighted by Crippen LogP contribution is -2.36. The van der Waals surface area contributed by atoms with Crippen LogP contribution in [0.4, 0.5) is 8.78 Å². The van der Waals surface area contributed by atoms with E-state index in [0.29, 0.717) is 5.92 Å². The summed E-state index contributed by atoms with van der Waals surface area (Å²) >= 11 is 0. The molecule has 1 aliphatic heterocycles. The molecule has 0 unspecified atom stereocenters. The van der Waals surface area contributed by atoms with Gasteiger partial charge in [0.15, 0.2) is 0 Å². The number of allylic oxidation sites excluding steroid dienone is 3. The summed E-state index contributed by atoms with van der Waals surface area (Å²) in [4.78, 5) is 0. The Morgan fingerprint density at radius 3 is 1.84 bits per heavy atom. The predicted octanol–water partition coefficient (Wildman–Crippen LogP) is 4.14. The Kier molecular flexibility index (Phi) is 5.11. The molecule has 2 fully saturated rings. The highest BCUT2D eigenvalue weighted by Crippen LogP contribution is 2.31. The molecule has 1 saturated heterocycles.